The third-order valence-corrected chi connectivity index (χ3v) is 4.06. The predicted octanol–water partition coefficient (Wildman–Crippen LogP) is 2.37. The highest BCUT2D eigenvalue weighted by Gasteiger charge is 2.30. The van der Waals surface area contributed by atoms with Gasteiger partial charge in [-0.15, -0.1) is 0 Å². The lowest BCUT2D eigenvalue weighted by atomic mass is 10.1. The molecule has 25 heavy (non-hydrogen) atoms. The van der Waals surface area contributed by atoms with Crippen molar-refractivity contribution in [2.75, 3.05) is 24.6 Å². The van der Waals surface area contributed by atoms with Crippen molar-refractivity contribution in [3.05, 3.63) is 60.4 Å². The number of nitrogens with one attached hydrogen (secondary N) is 1. The van der Waals surface area contributed by atoms with Crippen LogP contribution in [0.15, 0.2) is 54.6 Å². The van der Waals surface area contributed by atoms with Gasteiger partial charge in [0.2, 0.25) is 5.91 Å². The molecule has 1 aliphatic heterocycles. The first-order chi connectivity index (χ1) is 12.1. The second kappa shape index (κ2) is 7.79. The van der Waals surface area contributed by atoms with Crippen LogP contribution in [0.2, 0.25) is 0 Å². The highest BCUT2D eigenvalue weighted by Crippen LogP contribution is 2.24. The third-order valence-electron chi connectivity index (χ3n) is 4.06. The van der Waals surface area contributed by atoms with E-state index in [0.29, 0.717) is 19.5 Å². The van der Waals surface area contributed by atoms with Crippen LogP contribution in [0.4, 0.5) is 10.1 Å². The lowest BCUT2D eigenvalue weighted by molar-refractivity contribution is -0.123. The molecule has 0 aliphatic carbocycles. The van der Waals surface area contributed by atoms with Gasteiger partial charge in [-0.1, -0.05) is 30.3 Å². The number of amides is 2. The van der Waals surface area contributed by atoms with Crippen molar-refractivity contribution in [1.82, 2.24) is 5.32 Å². The third kappa shape index (κ3) is 4.35. The molecule has 1 heterocycles. The summed E-state index contributed by atoms with van der Waals surface area (Å²) in [4.78, 5) is 25.7. The normalized spacial score (nSPS) is 16.8. The van der Waals surface area contributed by atoms with E-state index >= 15 is 0 Å². The molecule has 1 N–H and O–H groups in total. The van der Waals surface area contributed by atoms with Crippen LogP contribution in [-0.2, 0) is 9.59 Å². The molecule has 6 heteroatoms. The summed E-state index contributed by atoms with van der Waals surface area (Å²) in [7, 11) is 0. The van der Waals surface area contributed by atoms with E-state index in [-0.39, 0.29) is 30.1 Å². The molecule has 0 unspecified atom stereocenters. The molecular weight excluding hydrogens is 323 g/mol. The quantitative estimate of drug-likeness (QED) is 0.877. The Hall–Kier alpha value is -2.89. The summed E-state index contributed by atoms with van der Waals surface area (Å²) >= 11 is 0. The molecule has 0 saturated carbocycles. The number of carbonyl (C=O) groups excluding carboxylic acids is 2. The second-order valence-corrected chi connectivity index (χ2v) is 5.93. The minimum Gasteiger partial charge on any atom is -0.481 e. The van der Waals surface area contributed by atoms with Crippen LogP contribution in [0.1, 0.15) is 6.42 Å². The van der Waals surface area contributed by atoms with Gasteiger partial charge in [0.15, 0.2) is 18.2 Å². The zero-order chi connectivity index (χ0) is 17.6. The molecule has 2 amide bonds. The fourth-order valence-electron chi connectivity index (χ4n) is 2.79. The summed E-state index contributed by atoms with van der Waals surface area (Å²) in [5, 5.41) is 2.74. The van der Waals surface area contributed by atoms with Gasteiger partial charge in [-0.05, 0) is 24.3 Å². The van der Waals surface area contributed by atoms with Gasteiger partial charge in [0.25, 0.3) is 5.91 Å². The maximum atomic E-state index is 13.4. The Morgan fingerprint density at radius 1 is 1.16 bits per heavy atom. The molecule has 5 nitrogen and oxygen atoms in total. The average molecular weight is 342 g/mol. The number of anilines is 1. The molecule has 1 aliphatic rings. The first kappa shape index (κ1) is 17.0. The van der Waals surface area contributed by atoms with Crippen molar-refractivity contribution < 1.29 is 18.7 Å². The summed E-state index contributed by atoms with van der Waals surface area (Å²) in [6, 6.07) is 15.4. The first-order valence-corrected chi connectivity index (χ1v) is 8.13. The predicted molar refractivity (Wildman–Crippen MR) is 91.8 cm³/mol. The SMILES string of the molecule is O=C(COc1ccccc1F)NC[C@H]1CC(=O)N(c2ccccc2)C1. The number of nitrogens with zero attached hydrogens (tertiary/aromatic N) is 1. The van der Waals surface area contributed by atoms with Gasteiger partial charge in [-0.2, -0.15) is 0 Å². The Bertz CT molecular complexity index is 751. The van der Waals surface area contributed by atoms with Crippen LogP contribution in [0.25, 0.3) is 0 Å². The summed E-state index contributed by atoms with van der Waals surface area (Å²) in [6.07, 6.45) is 0.392. The van der Waals surface area contributed by atoms with Gasteiger partial charge < -0.3 is 15.0 Å². The molecule has 130 valence electrons. The van der Waals surface area contributed by atoms with Crippen LogP contribution in [0, 0.1) is 11.7 Å². The summed E-state index contributed by atoms with van der Waals surface area (Å²) in [6.45, 7) is 0.690. The minimum atomic E-state index is -0.504. The van der Waals surface area contributed by atoms with Crippen molar-refractivity contribution in [3.63, 3.8) is 0 Å². The zero-order valence-corrected chi connectivity index (χ0v) is 13.7. The van der Waals surface area contributed by atoms with E-state index in [2.05, 4.69) is 5.32 Å². The smallest absolute Gasteiger partial charge is 0.257 e. The Kier molecular flexibility index (Phi) is 5.28. The molecule has 2 aromatic rings. The lowest BCUT2D eigenvalue weighted by Crippen LogP contribution is -2.34. The molecule has 1 atom stereocenters. The highest BCUT2D eigenvalue weighted by atomic mass is 19.1. The van der Waals surface area contributed by atoms with Gasteiger partial charge in [0.1, 0.15) is 0 Å². The number of carbonyl (C=O) groups is 2. The molecule has 0 aromatic heterocycles. The Balaban J connectivity index is 1.45. The monoisotopic (exact) mass is 342 g/mol. The van der Waals surface area contributed by atoms with Gasteiger partial charge in [0.05, 0.1) is 0 Å². The van der Waals surface area contributed by atoms with Gasteiger partial charge in [-0.3, -0.25) is 9.59 Å². The molecule has 0 bridgehead atoms. The summed E-state index contributed by atoms with van der Waals surface area (Å²) < 4.78 is 18.6. The van der Waals surface area contributed by atoms with Gasteiger partial charge in [-0.25, -0.2) is 4.39 Å². The Morgan fingerprint density at radius 3 is 2.64 bits per heavy atom. The maximum absolute atomic E-state index is 13.4. The van der Waals surface area contributed by atoms with Crippen molar-refractivity contribution >= 4 is 17.5 Å². The standard InChI is InChI=1S/C19H19FN2O3/c20-16-8-4-5-9-17(16)25-13-18(23)21-11-14-10-19(24)22(12-14)15-6-2-1-3-7-15/h1-9,14H,10-13H2,(H,21,23)/t14-/m1/s1. The van der Waals surface area contributed by atoms with Crippen molar-refractivity contribution in [3.8, 4) is 5.75 Å². The molecule has 0 spiro atoms. The first-order valence-electron chi connectivity index (χ1n) is 8.13. The Morgan fingerprint density at radius 2 is 1.88 bits per heavy atom. The van der Waals surface area contributed by atoms with Gasteiger partial charge >= 0.3 is 0 Å². The largest absolute Gasteiger partial charge is 0.481 e. The zero-order valence-electron chi connectivity index (χ0n) is 13.7. The topological polar surface area (TPSA) is 58.6 Å². The number of halogens is 1. The van der Waals surface area contributed by atoms with E-state index in [1.54, 1.807) is 17.0 Å². The molecule has 1 saturated heterocycles. The van der Waals surface area contributed by atoms with E-state index in [9.17, 15) is 14.0 Å². The minimum absolute atomic E-state index is 0.0453. The van der Waals surface area contributed by atoms with Crippen LogP contribution >= 0.6 is 0 Å². The Labute approximate surface area is 145 Å². The molecule has 2 aromatic carbocycles. The van der Waals surface area contributed by atoms with E-state index in [1.807, 2.05) is 30.3 Å². The molecule has 1 fully saturated rings. The van der Waals surface area contributed by atoms with Crippen molar-refractivity contribution in [2.45, 2.75) is 6.42 Å². The van der Waals surface area contributed by atoms with Crippen LogP contribution in [0.3, 0.4) is 0 Å². The maximum Gasteiger partial charge on any atom is 0.257 e. The number of benzene rings is 2. The number of rotatable bonds is 6. The summed E-state index contributed by atoms with van der Waals surface area (Å²) in [5.41, 5.74) is 0.865. The molecular formula is C19H19FN2O3. The van der Waals surface area contributed by atoms with E-state index in [0.717, 1.165) is 5.69 Å². The molecule has 3 rings (SSSR count). The molecule has 0 radical (unpaired) electrons. The van der Waals surface area contributed by atoms with Crippen LogP contribution in [-0.4, -0.2) is 31.5 Å². The van der Waals surface area contributed by atoms with Crippen LogP contribution < -0.4 is 15.0 Å². The number of para-hydroxylation sites is 2. The second-order valence-electron chi connectivity index (χ2n) is 5.93. The number of hydrogen-bond acceptors (Lipinski definition) is 3. The fourth-order valence-corrected chi connectivity index (χ4v) is 2.79. The van der Waals surface area contributed by atoms with Crippen molar-refractivity contribution in [2.24, 2.45) is 5.92 Å². The fraction of sp³-hybridized carbons (Fsp3) is 0.263. The lowest BCUT2D eigenvalue weighted by Gasteiger charge is -2.17. The van der Waals surface area contributed by atoms with E-state index in [1.165, 1.54) is 12.1 Å². The number of ether oxygens (including phenoxy) is 1. The van der Waals surface area contributed by atoms with Crippen LogP contribution in [0.5, 0.6) is 5.75 Å². The summed E-state index contributed by atoms with van der Waals surface area (Å²) in [5.74, 6) is -0.703. The van der Waals surface area contributed by atoms with Crippen molar-refractivity contribution in [1.29, 1.82) is 0 Å². The average Bonchev–Trinajstić information content (AvgIpc) is 3.01. The highest BCUT2D eigenvalue weighted by molar-refractivity contribution is 5.95. The van der Waals surface area contributed by atoms with E-state index in [4.69, 9.17) is 4.74 Å². The van der Waals surface area contributed by atoms with Gasteiger partial charge in [0, 0.05) is 31.1 Å². The number of hydrogen-bond donors (Lipinski definition) is 1. The van der Waals surface area contributed by atoms with E-state index < -0.39 is 5.82 Å².